The van der Waals surface area contributed by atoms with Crippen molar-refractivity contribution in [1.82, 2.24) is 10.3 Å². The van der Waals surface area contributed by atoms with Crippen LogP contribution in [0.5, 0.6) is 0 Å². The third kappa shape index (κ3) is 4.44. The van der Waals surface area contributed by atoms with E-state index in [-0.39, 0.29) is 13.2 Å². The molecule has 2 atom stereocenters. The Balaban J connectivity index is 1.35. The van der Waals surface area contributed by atoms with Crippen molar-refractivity contribution in [2.24, 2.45) is 0 Å². The van der Waals surface area contributed by atoms with Crippen molar-refractivity contribution in [3.05, 3.63) is 70.9 Å². The summed E-state index contributed by atoms with van der Waals surface area (Å²) in [5.41, 5.74) is 5.17. The van der Waals surface area contributed by atoms with Gasteiger partial charge in [0.1, 0.15) is 18.8 Å². The lowest BCUT2D eigenvalue weighted by molar-refractivity contribution is 0.0185. The number of nitrogens with one attached hydrogen (secondary N) is 2. The van der Waals surface area contributed by atoms with Crippen LogP contribution in [-0.4, -0.2) is 33.9 Å². The first-order valence-corrected chi connectivity index (χ1v) is 10.1. The Kier molecular flexibility index (Phi) is 5.83. The van der Waals surface area contributed by atoms with Crippen molar-refractivity contribution in [2.75, 3.05) is 6.54 Å². The Morgan fingerprint density at radius 1 is 1.10 bits per heavy atom. The van der Waals surface area contributed by atoms with E-state index in [4.69, 9.17) is 4.74 Å². The molecule has 0 spiro atoms. The van der Waals surface area contributed by atoms with Crippen LogP contribution < -0.4 is 5.32 Å². The lowest BCUT2D eigenvalue weighted by Crippen LogP contribution is -2.35. The minimum atomic E-state index is -1.13. The van der Waals surface area contributed by atoms with Gasteiger partial charge in [0.25, 0.3) is 0 Å². The summed E-state index contributed by atoms with van der Waals surface area (Å²) in [5.74, 6) is 0. The molecule has 0 fully saturated rings. The van der Waals surface area contributed by atoms with Crippen LogP contribution in [0.4, 0.5) is 4.79 Å². The number of benzene rings is 2. The van der Waals surface area contributed by atoms with Gasteiger partial charge in [-0.25, -0.2) is 4.79 Å². The van der Waals surface area contributed by atoms with Gasteiger partial charge < -0.3 is 25.3 Å². The number of alkyl carbamates (subject to hydrolysis) is 1. The largest absolute Gasteiger partial charge is 0.445 e. The zero-order valence-electron chi connectivity index (χ0n) is 16.2. The third-order valence-electron chi connectivity index (χ3n) is 5.50. The standard InChI is InChI=1S/C23H26N2O4/c26-21(13-24-23(28)29-14-15-6-2-1-3-7-15)22(27)16-10-11-20-18(12-16)17-8-4-5-9-19(17)25-20/h1-3,6-7,10-12,21-22,25-27H,4-5,8-9,13-14H2,(H,24,28). The summed E-state index contributed by atoms with van der Waals surface area (Å²) in [5, 5.41) is 24.5. The van der Waals surface area contributed by atoms with Crippen LogP contribution in [0.25, 0.3) is 10.9 Å². The average Bonchev–Trinajstić information content (AvgIpc) is 3.14. The summed E-state index contributed by atoms with van der Waals surface area (Å²) in [4.78, 5) is 15.3. The number of hydrogen-bond donors (Lipinski definition) is 4. The van der Waals surface area contributed by atoms with Crippen LogP contribution in [-0.2, 0) is 24.2 Å². The lowest BCUT2D eigenvalue weighted by Gasteiger charge is -2.19. The SMILES string of the molecule is O=C(NCC(O)C(O)c1ccc2[nH]c3c(c2c1)CCCC3)OCc1ccccc1. The molecule has 0 saturated carbocycles. The molecule has 1 aliphatic carbocycles. The van der Waals surface area contributed by atoms with Crippen molar-refractivity contribution in [3.8, 4) is 0 Å². The molecular formula is C23H26N2O4. The van der Waals surface area contributed by atoms with Crippen molar-refractivity contribution in [3.63, 3.8) is 0 Å². The second-order valence-corrected chi connectivity index (χ2v) is 7.55. The fourth-order valence-corrected chi connectivity index (χ4v) is 3.90. The average molecular weight is 394 g/mol. The molecule has 1 aliphatic rings. The number of aromatic amines is 1. The number of amides is 1. The van der Waals surface area contributed by atoms with Gasteiger partial charge in [-0.3, -0.25) is 0 Å². The molecule has 1 aromatic heterocycles. The van der Waals surface area contributed by atoms with Crippen LogP contribution in [0, 0.1) is 0 Å². The number of carbonyl (C=O) groups is 1. The Morgan fingerprint density at radius 3 is 2.72 bits per heavy atom. The second-order valence-electron chi connectivity index (χ2n) is 7.55. The van der Waals surface area contributed by atoms with Gasteiger partial charge in [-0.05, 0) is 54.5 Å². The lowest BCUT2D eigenvalue weighted by atomic mass is 9.94. The van der Waals surface area contributed by atoms with Gasteiger partial charge >= 0.3 is 6.09 Å². The first kappa shape index (κ1) is 19.5. The molecule has 4 rings (SSSR count). The molecule has 4 N–H and O–H groups in total. The summed E-state index contributed by atoms with van der Waals surface area (Å²) in [6.45, 7) is 0.0542. The number of carbonyl (C=O) groups excluding carboxylic acids is 1. The van der Waals surface area contributed by atoms with Gasteiger partial charge in [0.2, 0.25) is 0 Å². The van der Waals surface area contributed by atoms with E-state index >= 15 is 0 Å². The quantitative estimate of drug-likeness (QED) is 0.516. The van der Waals surface area contributed by atoms with E-state index < -0.39 is 18.3 Å². The van der Waals surface area contributed by atoms with Crippen molar-refractivity contribution in [2.45, 2.75) is 44.5 Å². The Bertz CT molecular complexity index is 983. The molecule has 152 valence electrons. The molecule has 1 amide bonds. The molecular weight excluding hydrogens is 368 g/mol. The predicted octanol–water partition coefficient (Wildman–Crippen LogP) is 3.37. The molecule has 0 saturated heterocycles. The molecule has 0 bridgehead atoms. The molecule has 1 heterocycles. The van der Waals surface area contributed by atoms with Gasteiger partial charge in [0.15, 0.2) is 0 Å². The summed E-state index contributed by atoms with van der Waals surface area (Å²) in [7, 11) is 0. The zero-order chi connectivity index (χ0) is 20.2. The fourth-order valence-electron chi connectivity index (χ4n) is 3.90. The highest BCUT2D eigenvalue weighted by molar-refractivity contribution is 5.85. The highest BCUT2D eigenvalue weighted by Crippen LogP contribution is 2.31. The molecule has 3 aromatic rings. The summed E-state index contributed by atoms with van der Waals surface area (Å²) in [6.07, 6.45) is 1.60. The van der Waals surface area contributed by atoms with Gasteiger partial charge in [0, 0.05) is 23.1 Å². The van der Waals surface area contributed by atoms with E-state index in [0.29, 0.717) is 5.56 Å². The molecule has 6 heteroatoms. The minimum Gasteiger partial charge on any atom is -0.445 e. The highest BCUT2D eigenvalue weighted by Gasteiger charge is 2.22. The molecule has 0 radical (unpaired) electrons. The summed E-state index contributed by atoms with van der Waals surface area (Å²) < 4.78 is 5.13. The van der Waals surface area contributed by atoms with E-state index in [1.807, 2.05) is 48.5 Å². The van der Waals surface area contributed by atoms with Crippen LogP contribution >= 0.6 is 0 Å². The van der Waals surface area contributed by atoms with Gasteiger partial charge in [-0.1, -0.05) is 36.4 Å². The number of ether oxygens (including phenoxy) is 1. The maximum Gasteiger partial charge on any atom is 0.407 e. The zero-order valence-corrected chi connectivity index (χ0v) is 16.2. The van der Waals surface area contributed by atoms with Gasteiger partial charge in [-0.2, -0.15) is 0 Å². The van der Waals surface area contributed by atoms with Gasteiger partial charge in [0.05, 0.1) is 0 Å². The number of aliphatic hydroxyl groups is 2. The Hall–Kier alpha value is -2.83. The number of aliphatic hydroxyl groups excluding tert-OH is 2. The first-order chi connectivity index (χ1) is 14.1. The number of fused-ring (bicyclic) bond motifs is 3. The van der Waals surface area contributed by atoms with Crippen LogP contribution in [0.1, 0.15) is 41.3 Å². The van der Waals surface area contributed by atoms with E-state index in [1.165, 1.54) is 24.1 Å². The van der Waals surface area contributed by atoms with E-state index in [9.17, 15) is 15.0 Å². The van der Waals surface area contributed by atoms with Crippen molar-refractivity contribution in [1.29, 1.82) is 0 Å². The van der Waals surface area contributed by atoms with Crippen LogP contribution in [0.2, 0.25) is 0 Å². The van der Waals surface area contributed by atoms with E-state index in [2.05, 4.69) is 10.3 Å². The monoisotopic (exact) mass is 394 g/mol. The predicted molar refractivity (Wildman–Crippen MR) is 111 cm³/mol. The normalized spacial score (nSPS) is 15.5. The topological polar surface area (TPSA) is 94.6 Å². The number of H-pyrrole nitrogens is 1. The van der Waals surface area contributed by atoms with Crippen molar-refractivity contribution >= 4 is 17.0 Å². The third-order valence-corrected chi connectivity index (χ3v) is 5.50. The fraction of sp³-hybridized carbons (Fsp3) is 0.348. The Labute approximate surface area is 169 Å². The number of aromatic nitrogens is 1. The van der Waals surface area contributed by atoms with Gasteiger partial charge in [-0.15, -0.1) is 0 Å². The van der Waals surface area contributed by atoms with E-state index in [0.717, 1.165) is 29.3 Å². The smallest absolute Gasteiger partial charge is 0.407 e. The number of aryl methyl sites for hydroxylation is 2. The summed E-state index contributed by atoms with van der Waals surface area (Å²) in [6, 6.07) is 15.1. The Morgan fingerprint density at radius 2 is 1.90 bits per heavy atom. The molecule has 29 heavy (non-hydrogen) atoms. The minimum absolute atomic E-state index is 0.0991. The number of rotatable bonds is 6. The molecule has 0 aliphatic heterocycles. The maximum atomic E-state index is 11.9. The molecule has 6 nitrogen and oxygen atoms in total. The number of hydrogen-bond acceptors (Lipinski definition) is 4. The maximum absolute atomic E-state index is 11.9. The van der Waals surface area contributed by atoms with E-state index in [1.54, 1.807) is 0 Å². The van der Waals surface area contributed by atoms with Crippen LogP contribution in [0.15, 0.2) is 48.5 Å². The van der Waals surface area contributed by atoms with Crippen molar-refractivity contribution < 1.29 is 19.7 Å². The van der Waals surface area contributed by atoms with Crippen LogP contribution in [0.3, 0.4) is 0 Å². The molecule has 2 unspecified atom stereocenters. The molecule has 2 aromatic carbocycles. The summed E-state index contributed by atoms with van der Waals surface area (Å²) >= 11 is 0. The second kappa shape index (κ2) is 8.68. The highest BCUT2D eigenvalue weighted by atomic mass is 16.5. The first-order valence-electron chi connectivity index (χ1n) is 10.1.